The minimum atomic E-state index is -4.68. The molecule has 2 N–H and O–H groups in total. The van der Waals surface area contributed by atoms with E-state index in [1.54, 1.807) is 18.2 Å². The normalized spacial score (nSPS) is 18.4. The summed E-state index contributed by atoms with van der Waals surface area (Å²) in [5.74, 6) is 1.98. The van der Waals surface area contributed by atoms with Crippen molar-refractivity contribution in [3.8, 4) is 5.75 Å². The molecule has 0 amide bonds. The van der Waals surface area contributed by atoms with Gasteiger partial charge in [-0.1, -0.05) is 30.3 Å². The molecule has 188 valence electrons. The molecule has 0 aliphatic heterocycles. The summed E-state index contributed by atoms with van der Waals surface area (Å²) in [5, 5.41) is 7.97. The number of aromatic nitrogens is 2. The Morgan fingerprint density at radius 2 is 1.69 bits per heavy atom. The minimum Gasteiger partial charge on any atom is -0.406 e. The summed E-state index contributed by atoms with van der Waals surface area (Å²) in [5.41, 5.74) is 1.48. The zero-order valence-electron chi connectivity index (χ0n) is 20.1. The molecule has 1 saturated carbocycles. The Kier molecular flexibility index (Phi) is 7.95. The van der Waals surface area contributed by atoms with Gasteiger partial charge in [-0.25, -0.2) is 4.98 Å². The van der Waals surface area contributed by atoms with Crippen LogP contribution < -0.4 is 20.3 Å². The predicted molar refractivity (Wildman–Crippen MR) is 133 cm³/mol. The monoisotopic (exact) mass is 487 g/mol. The number of nitrogens with zero attached hydrogens (tertiary/aromatic N) is 3. The van der Waals surface area contributed by atoms with Gasteiger partial charge in [-0.15, -0.1) is 13.2 Å². The van der Waals surface area contributed by atoms with Gasteiger partial charge in [-0.3, -0.25) is 0 Å². The molecule has 0 atom stereocenters. The molecule has 0 radical (unpaired) electrons. The van der Waals surface area contributed by atoms with Gasteiger partial charge in [0.1, 0.15) is 11.6 Å². The number of nitrogens with one attached hydrogen (secondary N) is 2. The van der Waals surface area contributed by atoms with Gasteiger partial charge in [0.25, 0.3) is 0 Å². The molecule has 0 unspecified atom stereocenters. The van der Waals surface area contributed by atoms with Crippen molar-refractivity contribution in [3.05, 3.63) is 54.1 Å². The quantitative estimate of drug-likeness (QED) is 0.394. The molecule has 6 nitrogen and oxygen atoms in total. The molecule has 3 aromatic rings. The third kappa shape index (κ3) is 6.97. The lowest BCUT2D eigenvalue weighted by Crippen LogP contribution is -2.32. The van der Waals surface area contributed by atoms with Gasteiger partial charge in [0, 0.05) is 25.5 Å². The van der Waals surface area contributed by atoms with Gasteiger partial charge in [-0.05, 0) is 74.9 Å². The molecule has 35 heavy (non-hydrogen) atoms. The van der Waals surface area contributed by atoms with Crippen LogP contribution in [0.25, 0.3) is 10.9 Å². The number of rotatable bonds is 9. The number of ether oxygens (including phenoxy) is 1. The number of fused-ring (bicyclic) bond motifs is 1. The van der Waals surface area contributed by atoms with E-state index in [1.165, 1.54) is 6.07 Å². The van der Waals surface area contributed by atoms with Crippen LogP contribution in [0.5, 0.6) is 5.75 Å². The van der Waals surface area contributed by atoms with Gasteiger partial charge in [0.2, 0.25) is 5.95 Å². The van der Waals surface area contributed by atoms with Crippen molar-refractivity contribution < 1.29 is 17.9 Å². The lowest BCUT2D eigenvalue weighted by molar-refractivity contribution is -0.274. The van der Waals surface area contributed by atoms with Crippen LogP contribution in [-0.4, -0.2) is 49.6 Å². The van der Waals surface area contributed by atoms with E-state index in [4.69, 9.17) is 9.97 Å². The van der Waals surface area contributed by atoms with Crippen LogP contribution in [0.3, 0.4) is 0 Å². The zero-order valence-corrected chi connectivity index (χ0v) is 20.1. The van der Waals surface area contributed by atoms with E-state index in [0.29, 0.717) is 36.4 Å². The number of halogens is 3. The molecule has 2 aromatic carbocycles. The number of benzene rings is 2. The summed E-state index contributed by atoms with van der Waals surface area (Å²) < 4.78 is 41.9. The first-order valence-corrected chi connectivity index (χ1v) is 12.0. The minimum absolute atomic E-state index is 0.123. The highest BCUT2D eigenvalue weighted by Crippen LogP contribution is 2.29. The van der Waals surface area contributed by atoms with Crippen molar-refractivity contribution in [1.29, 1.82) is 0 Å². The Bertz CT molecular complexity index is 1110. The highest BCUT2D eigenvalue weighted by molar-refractivity contribution is 5.90. The first kappa shape index (κ1) is 25.0. The summed E-state index contributed by atoms with van der Waals surface area (Å²) in [6.45, 7) is 1.46. The van der Waals surface area contributed by atoms with E-state index in [2.05, 4.69) is 15.4 Å². The van der Waals surface area contributed by atoms with E-state index in [0.717, 1.165) is 48.9 Å². The maximum atomic E-state index is 12.6. The Balaban J connectivity index is 1.23. The molecule has 0 spiro atoms. The highest BCUT2D eigenvalue weighted by atomic mass is 19.4. The van der Waals surface area contributed by atoms with Crippen LogP contribution in [0.1, 0.15) is 31.2 Å². The fourth-order valence-corrected chi connectivity index (χ4v) is 4.62. The van der Waals surface area contributed by atoms with Crippen molar-refractivity contribution in [2.45, 2.75) is 44.5 Å². The molecule has 0 saturated heterocycles. The van der Waals surface area contributed by atoms with E-state index in [-0.39, 0.29) is 5.75 Å². The molecule has 1 aliphatic carbocycles. The molecule has 4 rings (SSSR count). The summed E-state index contributed by atoms with van der Waals surface area (Å²) in [6, 6.07) is 14.7. The summed E-state index contributed by atoms with van der Waals surface area (Å²) in [7, 11) is 3.97. The molecule has 9 heteroatoms. The smallest absolute Gasteiger partial charge is 0.406 e. The second kappa shape index (κ2) is 11.1. The van der Waals surface area contributed by atoms with E-state index in [9.17, 15) is 13.2 Å². The van der Waals surface area contributed by atoms with Crippen molar-refractivity contribution >= 4 is 22.7 Å². The molecular formula is C26H32F3N5O. The third-order valence-electron chi connectivity index (χ3n) is 6.39. The largest absolute Gasteiger partial charge is 0.573 e. The summed E-state index contributed by atoms with van der Waals surface area (Å²) in [6.07, 6.45) is 0.0159. The highest BCUT2D eigenvalue weighted by Gasteiger charge is 2.32. The van der Waals surface area contributed by atoms with Crippen molar-refractivity contribution in [1.82, 2.24) is 15.3 Å². The number of para-hydroxylation sites is 2. The summed E-state index contributed by atoms with van der Waals surface area (Å²) in [4.78, 5) is 11.5. The first-order valence-electron chi connectivity index (χ1n) is 12.0. The Labute approximate surface area is 203 Å². The van der Waals surface area contributed by atoms with Gasteiger partial charge < -0.3 is 20.3 Å². The van der Waals surface area contributed by atoms with Gasteiger partial charge >= 0.3 is 6.36 Å². The van der Waals surface area contributed by atoms with Gasteiger partial charge in [-0.2, -0.15) is 4.98 Å². The molecule has 1 aliphatic rings. The van der Waals surface area contributed by atoms with Crippen molar-refractivity contribution in [2.75, 3.05) is 37.4 Å². The predicted octanol–water partition coefficient (Wildman–Crippen LogP) is 5.40. The Morgan fingerprint density at radius 3 is 2.43 bits per heavy atom. The fraction of sp³-hybridized carbons (Fsp3) is 0.462. The number of alkyl halides is 3. The van der Waals surface area contributed by atoms with Gasteiger partial charge in [0.15, 0.2) is 0 Å². The van der Waals surface area contributed by atoms with Crippen LogP contribution in [0, 0.1) is 5.92 Å². The number of anilines is 2. The zero-order chi connectivity index (χ0) is 24.8. The second-order valence-electron chi connectivity index (χ2n) is 9.25. The maximum absolute atomic E-state index is 12.6. The lowest BCUT2D eigenvalue weighted by Gasteiger charge is -2.29. The Morgan fingerprint density at radius 1 is 0.971 bits per heavy atom. The maximum Gasteiger partial charge on any atom is 0.573 e. The first-order chi connectivity index (χ1) is 16.8. The topological polar surface area (TPSA) is 62.3 Å². The SMILES string of the molecule is CN(C)c1nc(N[C@H]2CC[C@@H](CNCCc3ccccc3OC(F)(F)F)CC2)nc2ccccc12. The van der Waals surface area contributed by atoms with Crippen LogP contribution in [0.15, 0.2) is 48.5 Å². The lowest BCUT2D eigenvalue weighted by atomic mass is 9.86. The summed E-state index contributed by atoms with van der Waals surface area (Å²) >= 11 is 0. The average molecular weight is 488 g/mol. The van der Waals surface area contributed by atoms with E-state index in [1.807, 2.05) is 43.3 Å². The molecular weight excluding hydrogens is 455 g/mol. The van der Waals surface area contributed by atoms with Crippen LogP contribution in [-0.2, 0) is 6.42 Å². The van der Waals surface area contributed by atoms with Crippen LogP contribution >= 0.6 is 0 Å². The number of hydrogen-bond acceptors (Lipinski definition) is 6. The molecule has 1 heterocycles. The standard InChI is InChI=1S/C26H32F3N5O/c1-34(2)24-21-8-4-5-9-22(21)32-25(33-24)31-20-13-11-18(12-14-20)17-30-16-15-19-7-3-6-10-23(19)35-26(27,28)29/h3-10,18,20,30H,11-17H2,1-2H3,(H,31,32,33)/t18-,20+. The second-order valence-corrected chi connectivity index (χ2v) is 9.25. The fourth-order valence-electron chi connectivity index (χ4n) is 4.62. The molecule has 1 fully saturated rings. The number of hydrogen-bond donors (Lipinski definition) is 2. The van der Waals surface area contributed by atoms with E-state index < -0.39 is 6.36 Å². The van der Waals surface area contributed by atoms with Crippen molar-refractivity contribution in [2.24, 2.45) is 5.92 Å². The average Bonchev–Trinajstić information content (AvgIpc) is 2.82. The van der Waals surface area contributed by atoms with Gasteiger partial charge in [0.05, 0.1) is 5.52 Å². The Hall–Kier alpha value is -3.07. The van der Waals surface area contributed by atoms with Crippen LogP contribution in [0.4, 0.5) is 24.9 Å². The van der Waals surface area contributed by atoms with Crippen molar-refractivity contribution in [3.63, 3.8) is 0 Å². The molecule has 1 aromatic heterocycles. The van der Waals surface area contributed by atoms with Crippen LogP contribution in [0.2, 0.25) is 0 Å². The van der Waals surface area contributed by atoms with E-state index >= 15 is 0 Å². The molecule has 0 bridgehead atoms. The third-order valence-corrected chi connectivity index (χ3v) is 6.39.